The van der Waals surface area contributed by atoms with Crippen LogP contribution in [0.1, 0.15) is 30.9 Å². The van der Waals surface area contributed by atoms with E-state index in [2.05, 4.69) is 10.6 Å². The van der Waals surface area contributed by atoms with Crippen molar-refractivity contribution in [3.63, 3.8) is 0 Å². The summed E-state index contributed by atoms with van der Waals surface area (Å²) in [7, 11) is 0. The predicted molar refractivity (Wildman–Crippen MR) is 76.9 cm³/mol. The van der Waals surface area contributed by atoms with Crippen LogP contribution in [-0.4, -0.2) is 36.3 Å². The van der Waals surface area contributed by atoms with Gasteiger partial charge in [-0.25, -0.2) is 4.79 Å². The minimum atomic E-state index is -0.925. The van der Waals surface area contributed by atoms with Crippen LogP contribution in [0.5, 0.6) is 0 Å². The van der Waals surface area contributed by atoms with Gasteiger partial charge in [0, 0.05) is 19.2 Å². The number of benzene rings is 1. The van der Waals surface area contributed by atoms with E-state index < -0.39 is 5.97 Å². The van der Waals surface area contributed by atoms with Gasteiger partial charge in [-0.05, 0) is 18.4 Å². The van der Waals surface area contributed by atoms with Gasteiger partial charge in [0.1, 0.15) is 0 Å². The molecule has 0 spiro atoms. The van der Waals surface area contributed by atoms with Crippen molar-refractivity contribution in [1.82, 2.24) is 10.6 Å². The number of carboxylic acids is 1. The lowest BCUT2D eigenvalue weighted by molar-refractivity contribution is -0.136. The summed E-state index contributed by atoms with van der Waals surface area (Å²) in [5.74, 6) is -0.925. The summed E-state index contributed by atoms with van der Waals surface area (Å²) < 4.78 is 5.74. The Bertz CT molecular complexity index is 478. The summed E-state index contributed by atoms with van der Waals surface area (Å²) in [4.78, 5) is 22.1. The fourth-order valence-corrected chi connectivity index (χ4v) is 2.35. The van der Waals surface area contributed by atoms with Gasteiger partial charge in [0.05, 0.1) is 12.5 Å². The smallest absolute Gasteiger partial charge is 0.315 e. The molecule has 0 aliphatic carbocycles. The number of urea groups is 1. The molecule has 1 aliphatic rings. The van der Waals surface area contributed by atoms with Crippen LogP contribution in [0, 0.1) is 0 Å². The molecule has 21 heavy (non-hydrogen) atoms. The fraction of sp³-hybridized carbons (Fsp3) is 0.467. The van der Waals surface area contributed by atoms with E-state index >= 15 is 0 Å². The lowest BCUT2D eigenvalue weighted by Gasteiger charge is -2.30. The van der Waals surface area contributed by atoms with E-state index in [1.54, 1.807) is 0 Å². The van der Waals surface area contributed by atoms with Gasteiger partial charge in [-0.2, -0.15) is 0 Å². The summed E-state index contributed by atoms with van der Waals surface area (Å²) in [6.07, 6.45) is 1.39. The standard InChI is InChI=1S/C15H20N2O4/c18-14(19)6-8-16-15(20)17-12-7-9-21-13(10-12)11-4-2-1-3-5-11/h1-5,12-13H,6-10H2,(H,18,19)(H2,16,17,20). The maximum Gasteiger partial charge on any atom is 0.315 e. The van der Waals surface area contributed by atoms with Crippen LogP contribution in [0.15, 0.2) is 30.3 Å². The van der Waals surface area contributed by atoms with Crippen molar-refractivity contribution in [1.29, 1.82) is 0 Å². The van der Waals surface area contributed by atoms with Gasteiger partial charge in [0.25, 0.3) is 0 Å². The first kappa shape index (κ1) is 15.3. The molecule has 0 bridgehead atoms. The summed E-state index contributed by atoms with van der Waals surface area (Å²) in [6, 6.07) is 9.63. The second kappa shape index (κ2) is 7.64. The highest BCUT2D eigenvalue weighted by molar-refractivity contribution is 5.75. The Morgan fingerprint density at radius 3 is 2.76 bits per heavy atom. The van der Waals surface area contributed by atoms with E-state index in [1.807, 2.05) is 30.3 Å². The highest BCUT2D eigenvalue weighted by atomic mass is 16.5. The minimum Gasteiger partial charge on any atom is -0.481 e. The summed E-state index contributed by atoms with van der Waals surface area (Å²) in [6.45, 7) is 0.728. The van der Waals surface area contributed by atoms with Crippen LogP contribution in [-0.2, 0) is 9.53 Å². The number of carbonyl (C=O) groups excluding carboxylic acids is 1. The highest BCUT2D eigenvalue weighted by Crippen LogP contribution is 2.27. The molecule has 114 valence electrons. The molecule has 1 aliphatic heterocycles. The lowest BCUT2D eigenvalue weighted by Crippen LogP contribution is -2.45. The monoisotopic (exact) mass is 292 g/mol. The first-order chi connectivity index (χ1) is 10.1. The van der Waals surface area contributed by atoms with Gasteiger partial charge in [0.15, 0.2) is 0 Å². The summed E-state index contributed by atoms with van der Waals surface area (Å²) >= 11 is 0. The van der Waals surface area contributed by atoms with E-state index in [1.165, 1.54) is 0 Å². The molecular weight excluding hydrogens is 272 g/mol. The van der Waals surface area contributed by atoms with E-state index in [4.69, 9.17) is 9.84 Å². The SMILES string of the molecule is O=C(O)CCNC(=O)NC1CCOC(c2ccccc2)C1. The first-order valence-electron chi connectivity index (χ1n) is 7.08. The second-order valence-corrected chi connectivity index (χ2v) is 5.04. The van der Waals surface area contributed by atoms with Crippen molar-refractivity contribution < 1.29 is 19.4 Å². The molecule has 6 nitrogen and oxygen atoms in total. The normalized spacial score (nSPS) is 21.5. The van der Waals surface area contributed by atoms with E-state index in [-0.39, 0.29) is 31.1 Å². The number of carboxylic acid groups (broad SMARTS) is 1. The Morgan fingerprint density at radius 1 is 1.29 bits per heavy atom. The van der Waals surface area contributed by atoms with Gasteiger partial charge in [-0.3, -0.25) is 4.79 Å². The second-order valence-electron chi connectivity index (χ2n) is 5.04. The maximum atomic E-state index is 11.7. The number of aliphatic carboxylic acids is 1. The zero-order valence-corrected chi connectivity index (χ0v) is 11.7. The average Bonchev–Trinajstić information content (AvgIpc) is 2.48. The number of rotatable bonds is 5. The van der Waals surface area contributed by atoms with Gasteiger partial charge in [0.2, 0.25) is 0 Å². The van der Waals surface area contributed by atoms with Crippen LogP contribution in [0.2, 0.25) is 0 Å². The maximum absolute atomic E-state index is 11.7. The van der Waals surface area contributed by atoms with Crippen LogP contribution < -0.4 is 10.6 Å². The predicted octanol–water partition coefficient (Wildman–Crippen LogP) is 1.68. The third kappa shape index (κ3) is 5.07. The number of carbonyl (C=O) groups is 2. The molecule has 1 saturated heterocycles. The molecule has 1 heterocycles. The van der Waals surface area contributed by atoms with Crippen molar-refractivity contribution in [3.05, 3.63) is 35.9 Å². The zero-order valence-electron chi connectivity index (χ0n) is 11.7. The first-order valence-corrected chi connectivity index (χ1v) is 7.08. The molecule has 1 aromatic rings. The molecule has 0 saturated carbocycles. The fourth-order valence-electron chi connectivity index (χ4n) is 2.35. The van der Waals surface area contributed by atoms with Crippen LogP contribution in [0.3, 0.4) is 0 Å². The van der Waals surface area contributed by atoms with E-state index in [9.17, 15) is 9.59 Å². The van der Waals surface area contributed by atoms with Crippen molar-refractivity contribution in [2.75, 3.05) is 13.2 Å². The minimum absolute atomic E-state index is 0.00994. The van der Waals surface area contributed by atoms with Crippen molar-refractivity contribution in [3.8, 4) is 0 Å². The quantitative estimate of drug-likeness (QED) is 0.770. The molecule has 2 atom stereocenters. The lowest BCUT2D eigenvalue weighted by atomic mass is 9.97. The van der Waals surface area contributed by atoms with E-state index in [0.29, 0.717) is 6.61 Å². The summed E-state index contributed by atoms with van der Waals surface area (Å²) in [5, 5.41) is 13.9. The van der Waals surface area contributed by atoms with Gasteiger partial charge in [-0.1, -0.05) is 30.3 Å². The molecular formula is C15H20N2O4. The van der Waals surface area contributed by atoms with E-state index in [0.717, 1.165) is 18.4 Å². The Hall–Kier alpha value is -2.08. The molecule has 2 amide bonds. The van der Waals surface area contributed by atoms with Crippen LogP contribution in [0.4, 0.5) is 4.79 Å². The molecule has 2 unspecified atom stereocenters. The Balaban J connectivity index is 1.79. The van der Waals surface area contributed by atoms with Crippen molar-refractivity contribution in [2.24, 2.45) is 0 Å². The van der Waals surface area contributed by atoms with Gasteiger partial charge < -0.3 is 20.5 Å². The van der Waals surface area contributed by atoms with Crippen LogP contribution >= 0.6 is 0 Å². The third-order valence-electron chi connectivity index (χ3n) is 3.41. The Morgan fingerprint density at radius 2 is 2.05 bits per heavy atom. The third-order valence-corrected chi connectivity index (χ3v) is 3.41. The van der Waals surface area contributed by atoms with Crippen LogP contribution in [0.25, 0.3) is 0 Å². The average molecular weight is 292 g/mol. The number of hydrogen-bond acceptors (Lipinski definition) is 3. The highest BCUT2D eigenvalue weighted by Gasteiger charge is 2.24. The number of ether oxygens (including phenoxy) is 1. The molecule has 0 aromatic heterocycles. The Labute approximate surface area is 123 Å². The molecule has 2 rings (SSSR count). The summed E-state index contributed by atoms with van der Waals surface area (Å²) in [5.41, 5.74) is 1.11. The molecule has 3 N–H and O–H groups in total. The van der Waals surface area contributed by atoms with Crippen molar-refractivity contribution in [2.45, 2.75) is 31.4 Å². The Kier molecular flexibility index (Phi) is 5.57. The van der Waals surface area contributed by atoms with Gasteiger partial charge >= 0.3 is 12.0 Å². The van der Waals surface area contributed by atoms with Gasteiger partial charge in [-0.15, -0.1) is 0 Å². The molecule has 0 radical (unpaired) electrons. The molecule has 1 fully saturated rings. The largest absolute Gasteiger partial charge is 0.481 e. The number of nitrogens with one attached hydrogen (secondary N) is 2. The van der Waals surface area contributed by atoms with Crippen molar-refractivity contribution >= 4 is 12.0 Å². The number of amides is 2. The topological polar surface area (TPSA) is 87.7 Å². The molecule has 6 heteroatoms. The zero-order chi connectivity index (χ0) is 15.1. The molecule has 1 aromatic carbocycles. The number of hydrogen-bond donors (Lipinski definition) is 3.